The molecule has 0 atom stereocenters. The van der Waals surface area contributed by atoms with Gasteiger partial charge in [-0.1, -0.05) is 6.07 Å². The Labute approximate surface area is 80.8 Å². The van der Waals surface area contributed by atoms with Gasteiger partial charge < -0.3 is 5.32 Å². The van der Waals surface area contributed by atoms with E-state index in [9.17, 15) is 0 Å². The van der Waals surface area contributed by atoms with Crippen molar-refractivity contribution in [1.29, 1.82) is 0 Å². The molecule has 1 rings (SSSR count). The van der Waals surface area contributed by atoms with E-state index in [0.717, 1.165) is 0 Å². The second-order valence-corrected chi connectivity index (χ2v) is 3.01. The lowest BCUT2D eigenvalue weighted by Gasteiger charge is -1.97. The standard InChI is InChI=1S/C7H8IN.ClH/c1-9-7-4-2-3-6(8)5-7;/h2-5,9H,1H3;1H. The van der Waals surface area contributed by atoms with Crippen molar-refractivity contribution in [3.63, 3.8) is 0 Å². The fraction of sp³-hybridized carbons (Fsp3) is 0.143. The van der Waals surface area contributed by atoms with Gasteiger partial charge in [-0.3, -0.25) is 0 Å². The molecule has 0 spiro atoms. The van der Waals surface area contributed by atoms with Crippen LogP contribution in [0.15, 0.2) is 24.3 Å². The Morgan fingerprint density at radius 1 is 1.40 bits per heavy atom. The largest absolute Gasteiger partial charge is 0.388 e. The summed E-state index contributed by atoms with van der Waals surface area (Å²) in [4.78, 5) is 0. The van der Waals surface area contributed by atoms with E-state index in [4.69, 9.17) is 0 Å². The summed E-state index contributed by atoms with van der Waals surface area (Å²) in [6.45, 7) is 0. The normalized spacial score (nSPS) is 8.20. The van der Waals surface area contributed by atoms with Crippen molar-refractivity contribution in [3.8, 4) is 0 Å². The van der Waals surface area contributed by atoms with Crippen LogP contribution in [0.25, 0.3) is 0 Å². The molecular weight excluding hydrogens is 260 g/mol. The molecule has 1 N–H and O–H groups in total. The van der Waals surface area contributed by atoms with E-state index >= 15 is 0 Å². The van der Waals surface area contributed by atoms with E-state index in [1.54, 1.807) is 0 Å². The average molecular weight is 270 g/mol. The Balaban J connectivity index is 0.000000810. The third-order valence-corrected chi connectivity index (χ3v) is 1.78. The number of rotatable bonds is 1. The number of nitrogens with one attached hydrogen (secondary N) is 1. The molecule has 0 aliphatic carbocycles. The van der Waals surface area contributed by atoms with Crippen LogP contribution in [0.2, 0.25) is 0 Å². The van der Waals surface area contributed by atoms with E-state index < -0.39 is 0 Å². The molecule has 0 aromatic heterocycles. The first kappa shape index (κ1) is 10.0. The summed E-state index contributed by atoms with van der Waals surface area (Å²) in [6, 6.07) is 8.25. The van der Waals surface area contributed by atoms with E-state index in [2.05, 4.69) is 40.0 Å². The van der Waals surface area contributed by atoms with Gasteiger partial charge in [0.25, 0.3) is 0 Å². The van der Waals surface area contributed by atoms with Crippen LogP contribution in [-0.4, -0.2) is 7.05 Å². The van der Waals surface area contributed by atoms with Crippen LogP contribution in [0.4, 0.5) is 5.69 Å². The minimum Gasteiger partial charge on any atom is -0.388 e. The first-order valence-electron chi connectivity index (χ1n) is 2.76. The molecule has 0 radical (unpaired) electrons. The van der Waals surface area contributed by atoms with Crippen molar-refractivity contribution >= 4 is 40.7 Å². The molecule has 1 nitrogen and oxygen atoms in total. The van der Waals surface area contributed by atoms with Crippen molar-refractivity contribution in [1.82, 2.24) is 0 Å². The van der Waals surface area contributed by atoms with Crippen LogP contribution < -0.4 is 5.32 Å². The quantitative estimate of drug-likeness (QED) is 0.773. The zero-order valence-electron chi connectivity index (χ0n) is 5.60. The van der Waals surface area contributed by atoms with Gasteiger partial charge >= 0.3 is 0 Å². The summed E-state index contributed by atoms with van der Waals surface area (Å²) < 4.78 is 1.26. The highest BCUT2D eigenvalue weighted by Gasteiger charge is 1.86. The van der Waals surface area contributed by atoms with Gasteiger partial charge in [-0.25, -0.2) is 0 Å². The second-order valence-electron chi connectivity index (χ2n) is 1.76. The molecule has 56 valence electrons. The summed E-state index contributed by atoms with van der Waals surface area (Å²) in [6.07, 6.45) is 0. The minimum absolute atomic E-state index is 0. The molecule has 0 unspecified atom stereocenters. The molecule has 0 heterocycles. The second kappa shape index (κ2) is 4.79. The van der Waals surface area contributed by atoms with Crippen molar-refractivity contribution in [2.24, 2.45) is 0 Å². The van der Waals surface area contributed by atoms with Crippen LogP contribution in [0.1, 0.15) is 0 Å². The van der Waals surface area contributed by atoms with Crippen molar-refractivity contribution < 1.29 is 0 Å². The number of anilines is 1. The topological polar surface area (TPSA) is 12.0 Å². The molecule has 0 bridgehead atoms. The molecule has 1 aromatic rings. The Morgan fingerprint density at radius 3 is 2.50 bits per heavy atom. The molecule has 0 saturated carbocycles. The number of hydrogen-bond donors (Lipinski definition) is 1. The molecule has 0 saturated heterocycles. The molecule has 0 amide bonds. The lowest BCUT2D eigenvalue weighted by molar-refractivity contribution is 1.50. The predicted molar refractivity (Wildman–Crippen MR) is 56.0 cm³/mol. The first-order valence-corrected chi connectivity index (χ1v) is 3.84. The number of halogens is 2. The van der Waals surface area contributed by atoms with E-state index in [-0.39, 0.29) is 12.4 Å². The fourth-order valence-electron chi connectivity index (χ4n) is 0.644. The van der Waals surface area contributed by atoms with Crippen LogP contribution in [0.5, 0.6) is 0 Å². The van der Waals surface area contributed by atoms with Gasteiger partial charge in [0.15, 0.2) is 0 Å². The van der Waals surface area contributed by atoms with Gasteiger partial charge in [-0.2, -0.15) is 0 Å². The summed E-state index contributed by atoms with van der Waals surface area (Å²) in [5.41, 5.74) is 1.17. The third-order valence-electron chi connectivity index (χ3n) is 1.11. The molecule has 0 fully saturated rings. The van der Waals surface area contributed by atoms with E-state index in [1.807, 2.05) is 19.2 Å². The summed E-state index contributed by atoms with van der Waals surface area (Å²) in [5, 5.41) is 3.06. The third kappa shape index (κ3) is 2.75. The number of benzene rings is 1. The smallest absolute Gasteiger partial charge is 0.0348 e. The maximum Gasteiger partial charge on any atom is 0.0348 e. The van der Waals surface area contributed by atoms with Crippen LogP contribution >= 0.6 is 35.0 Å². The van der Waals surface area contributed by atoms with Crippen molar-refractivity contribution in [3.05, 3.63) is 27.8 Å². The molecule has 10 heavy (non-hydrogen) atoms. The average Bonchev–Trinajstić information content (AvgIpc) is 1.88. The number of hydrogen-bond acceptors (Lipinski definition) is 1. The maximum absolute atomic E-state index is 3.06. The van der Waals surface area contributed by atoms with Gasteiger partial charge in [0, 0.05) is 16.3 Å². The van der Waals surface area contributed by atoms with Gasteiger partial charge in [-0.15, -0.1) is 12.4 Å². The predicted octanol–water partition coefficient (Wildman–Crippen LogP) is 2.75. The highest BCUT2D eigenvalue weighted by atomic mass is 127. The molecule has 0 aliphatic rings. The van der Waals surface area contributed by atoms with Crippen molar-refractivity contribution in [2.45, 2.75) is 0 Å². The van der Waals surface area contributed by atoms with Gasteiger partial charge in [-0.05, 0) is 40.8 Å². The van der Waals surface area contributed by atoms with Gasteiger partial charge in [0.1, 0.15) is 0 Å². The van der Waals surface area contributed by atoms with Crippen LogP contribution in [-0.2, 0) is 0 Å². The zero-order chi connectivity index (χ0) is 6.69. The molecular formula is C7H9ClIN. The Bertz CT molecular complexity index is 203. The van der Waals surface area contributed by atoms with Crippen LogP contribution in [0.3, 0.4) is 0 Å². The highest BCUT2D eigenvalue weighted by Crippen LogP contribution is 2.10. The summed E-state index contributed by atoms with van der Waals surface area (Å²) in [7, 11) is 1.92. The van der Waals surface area contributed by atoms with Gasteiger partial charge in [0.05, 0.1) is 0 Å². The monoisotopic (exact) mass is 269 g/mol. The SMILES string of the molecule is CNc1cccc(I)c1.Cl. The summed E-state index contributed by atoms with van der Waals surface area (Å²) in [5.74, 6) is 0. The maximum atomic E-state index is 3.06. The minimum atomic E-state index is 0. The highest BCUT2D eigenvalue weighted by molar-refractivity contribution is 14.1. The Kier molecular flexibility index (Phi) is 4.81. The lowest BCUT2D eigenvalue weighted by atomic mass is 10.3. The zero-order valence-corrected chi connectivity index (χ0v) is 8.57. The van der Waals surface area contributed by atoms with Crippen LogP contribution in [0, 0.1) is 3.57 Å². The van der Waals surface area contributed by atoms with E-state index in [1.165, 1.54) is 9.26 Å². The summed E-state index contributed by atoms with van der Waals surface area (Å²) >= 11 is 2.29. The molecule has 1 aromatic carbocycles. The molecule has 0 aliphatic heterocycles. The van der Waals surface area contributed by atoms with E-state index in [0.29, 0.717) is 0 Å². The Hall–Kier alpha value is 0.0400. The molecule has 3 heteroatoms. The fourth-order valence-corrected chi connectivity index (χ4v) is 1.19. The van der Waals surface area contributed by atoms with Crippen molar-refractivity contribution in [2.75, 3.05) is 12.4 Å². The first-order chi connectivity index (χ1) is 4.33. The lowest BCUT2D eigenvalue weighted by Crippen LogP contribution is -1.86. The Morgan fingerprint density at radius 2 is 2.10 bits per heavy atom. The van der Waals surface area contributed by atoms with Gasteiger partial charge in [0.2, 0.25) is 0 Å².